The van der Waals surface area contributed by atoms with E-state index in [1.807, 2.05) is 0 Å². The highest BCUT2D eigenvalue weighted by atomic mass is 15.1. The standard InChI is InChI=1S/C59H43N/c1-40-18-15-24-46(38-40)60(47-25-16-19-41(2)39-47)45-36-34-42(35-37-45)56-49-27-9-11-29-51(49)57(52-30-12-10-28-50(52)56)54-32-17-31-53-48-26-13-14-33-55(48)59(58(53)54,43-20-5-3-6-21-43)44-22-7-4-8-23-44/h3-39H,1-2H3. The molecule has 1 nitrogen and oxygen atoms in total. The van der Waals surface area contributed by atoms with Crippen molar-refractivity contribution in [3.8, 4) is 33.4 Å². The third-order valence-electron chi connectivity index (χ3n) is 12.6. The molecule has 0 radical (unpaired) electrons. The molecule has 10 aromatic carbocycles. The summed E-state index contributed by atoms with van der Waals surface area (Å²) in [6.45, 7) is 4.32. The molecule has 10 aromatic rings. The van der Waals surface area contributed by atoms with E-state index in [9.17, 15) is 0 Å². The normalized spacial score (nSPS) is 12.6. The summed E-state index contributed by atoms with van der Waals surface area (Å²) in [6, 6.07) is 83.1. The van der Waals surface area contributed by atoms with E-state index in [1.165, 1.54) is 88.3 Å². The molecule has 284 valence electrons. The lowest BCUT2D eigenvalue weighted by molar-refractivity contribution is 0.770. The third kappa shape index (κ3) is 5.54. The van der Waals surface area contributed by atoms with Crippen LogP contribution in [0.15, 0.2) is 224 Å². The number of anilines is 3. The Balaban J connectivity index is 1.16. The van der Waals surface area contributed by atoms with Crippen LogP contribution in [0.25, 0.3) is 54.9 Å². The minimum Gasteiger partial charge on any atom is -0.310 e. The minimum atomic E-state index is -0.526. The Morgan fingerprint density at radius 2 is 0.783 bits per heavy atom. The number of hydrogen-bond acceptors (Lipinski definition) is 1. The molecule has 0 fully saturated rings. The van der Waals surface area contributed by atoms with Crippen LogP contribution in [-0.4, -0.2) is 0 Å². The van der Waals surface area contributed by atoms with Crippen molar-refractivity contribution in [1.82, 2.24) is 0 Å². The van der Waals surface area contributed by atoms with Crippen molar-refractivity contribution in [1.29, 1.82) is 0 Å². The van der Waals surface area contributed by atoms with Gasteiger partial charge in [-0.1, -0.05) is 188 Å². The van der Waals surface area contributed by atoms with E-state index >= 15 is 0 Å². The molecule has 60 heavy (non-hydrogen) atoms. The summed E-state index contributed by atoms with van der Waals surface area (Å²) in [5.41, 5.74) is 18.1. The number of rotatable bonds is 7. The molecule has 0 atom stereocenters. The first-order chi connectivity index (χ1) is 29.6. The van der Waals surface area contributed by atoms with Crippen LogP contribution < -0.4 is 4.90 Å². The van der Waals surface area contributed by atoms with Crippen molar-refractivity contribution in [3.63, 3.8) is 0 Å². The monoisotopic (exact) mass is 765 g/mol. The van der Waals surface area contributed by atoms with Gasteiger partial charge in [0.15, 0.2) is 0 Å². The molecule has 0 saturated heterocycles. The summed E-state index contributed by atoms with van der Waals surface area (Å²) >= 11 is 0. The zero-order valence-corrected chi connectivity index (χ0v) is 33.8. The molecule has 1 heteroatoms. The number of hydrogen-bond donors (Lipinski definition) is 0. The lowest BCUT2D eigenvalue weighted by Gasteiger charge is -2.35. The Labute approximate surface area is 352 Å². The summed E-state index contributed by atoms with van der Waals surface area (Å²) in [5.74, 6) is 0. The molecule has 0 amide bonds. The van der Waals surface area contributed by atoms with Gasteiger partial charge in [0.1, 0.15) is 0 Å². The molecule has 0 aromatic heterocycles. The topological polar surface area (TPSA) is 3.24 Å². The number of aryl methyl sites for hydroxylation is 2. The fourth-order valence-corrected chi connectivity index (χ4v) is 10.2. The van der Waals surface area contributed by atoms with Crippen LogP contribution in [0.5, 0.6) is 0 Å². The summed E-state index contributed by atoms with van der Waals surface area (Å²) in [6.07, 6.45) is 0. The van der Waals surface area contributed by atoms with Gasteiger partial charge >= 0.3 is 0 Å². The van der Waals surface area contributed by atoms with Gasteiger partial charge in [-0.25, -0.2) is 0 Å². The highest BCUT2D eigenvalue weighted by Crippen LogP contribution is 2.60. The average Bonchev–Trinajstić information content (AvgIpc) is 3.61. The SMILES string of the molecule is Cc1cccc(N(c2ccc(-c3c4ccccc4c(-c4cccc5c4C(c4ccccc4)(c4ccccc4)c4ccccc4-5)c4ccccc34)cc2)c2cccc(C)c2)c1. The van der Waals surface area contributed by atoms with Crippen LogP contribution in [0.3, 0.4) is 0 Å². The van der Waals surface area contributed by atoms with E-state index in [0.29, 0.717) is 0 Å². The van der Waals surface area contributed by atoms with Gasteiger partial charge in [0, 0.05) is 17.1 Å². The first-order valence-corrected chi connectivity index (χ1v) is 20.9. The van der Waals surface area contributed by atoms with Gasteiger partial charge in [-0.2, -0.15) is 0 Å². The van der Waals surface area contributed by atoms with Gasteiger partial charge in [-0.3, -0.25) is 0 Å². The summed E-state index contributed by atoms with van der Waals surface area (Å²) in [5, 5.41) is 4.98. The Morgan fingerprint density at radius 1 is 0.333 bits per heavy atom. The molecule has 0 spiro atoms. The van der Waals surface area contributed by atoms with Gasteiger partial charge in [-0.05, 0) is 139 Å². The van der Waals surface area contributed by atoms with E-state index in [1.54, 1.807) is 0 Å². The van der Waals surface area contributed by atoms with Crippen molar-refractivity contribution in [3.05, 3.63) is 258 Å². The second kappa shape index (κ2) is 14.4. The zero-order valence-electron chi connectivity index (χ0n) is 33.8. The Bertz CT molecular complexity index is 3070. The predicted octanol–water partition coefficient (Wildman–Crippen LogP) is 15.8. The summed E-state index contributed by atoms with van der Waals surface area (Å²) in [7, 11) is 0. The first kappa shape index (κ1) is 35.7. The smallest absolute Gasteiger partial charge is 0.0719 e. The van der Waals surface area contributed by atoms with Crippen molar-refractivity contribution < 1.29 is 0 Å². The van der Waals surface area contributed by atoms with Crippen molar-refractivity contribution in [2.75, 3.05) is 4.90 Å². The van der Waals surface area contributed by atoms with E-state index in [-0.39, 0.29) is 0 Å². The molecule has 0 saturated carbocycles. The average molecular weight is 766 g/mol. The second-order valence-corrected chi connectivity index (χ2v) is 16.2. The number of benzene rings is 10. The van der Waals surface area contributed by atoms with Crippen molar-refractivity contribution in [2.45, 2.75) is 19.3 Å². The van der Waals surface area contributed by atoms with Crippen LogP contribution in [-0.2, 0) is 5.41 Å². The highest BCUT2D eigenvalue weighted by Gasteiger charge is 2.47. The highest BCUT2D eigenvalue weighted by molar-refractivity contribution is 6.22. The molecule has 0 aliphatic heterocycles. The van der Waals surface area contributed by atoms with Crippen LogP contribution >= 0.6 is 0 Å². The molecule has 0 heterocycles. The van der Waals surface area contributed by atoms with Crippen LogP contribution in [0.2, 0.25) is 0 Å². The third-order valence-corrected chi connectivity index (χ3v) is 12.6. The lowest BCUT2D eigenvalue weighted by atomic mass is 9.65. The van der Waals surface area contributed by atoms with Gasteiger partial charge < -0.3 is 4.90 Å². The summed E-state index contributed by atoms with van der Waals surface area (Å²) < 4.78 is 0. The number of fused-ring (bicyclic) bond motifs is 5. The van der Waals surface area contributed by atoms with Crippen LogP contribution in [0.1, 0.15) is 33.4 Å². The quantitative estimate of drug-likeness (QED) is 0.146. The minimum absolute atomic E-state index is 0.526. The maximum absolute atomic E-state index is 2.37. The molecule has 0 unspecified atom stereocenters. The van der Waals surface area contributed by atoms with Crippen molar-refractivity contribution >= 4 is 38.6 Å². The van der Waals surface area contributed by atoms with E-state index < -0.39 is 5.41 Å². The molecule has 0 bridgehead atoms. The molecule has 1 aliphatic rings. The summed E-state index contributed by atoms with van der Waals surface area (Å²) in [4.78, 5) is 2.36. The molecule has 11 rings (SSSR count). The zero-order chi connectivity index (χ0) is 40.2. The fourth-order valence-electron chi connectivity index (χ4n) is 10.2. The van der Waals surface area contributed by atoms with Crippen molar-refractivity contribution in [2.24, 2.45) is 0 Å². The van der Waals surface area contributed by atoms with Gasteiger partial charge in [0.05, 0.1) is 5.41 Å². The molecule has 0 N–H and O–H groups in total. The Hall–Kier alpha value is -7.48. The second-order valence-electron chi connectivity index (χ2n) is 16.2. The Morgan fingerprint density at radius 3 is 1.33 bits per heavy atom. The lowest BCUT2D eigenvalue weighted by Crippen LogP contribution is -2.29. The van der Waals surface area contributed by atoms with Gasteiger partial charge in [-0.15, -0.1) is 0 Å². The van der Waals surface area contributed by atoms with E-state index in [4.69, 9.17) is 0 Å². The predicted molar refractivity (Wildman–Crippen MR) is 254 cm³/mol. The number of nitrogens with zero attached hydrogens (tertiary/aromatic N) is 1. The van der Waals surface area contributed by atoms with E-state index in [0.717, 1.165) is 17.1 Å². The maximum Gasteiger partial charge on any atom is 0.0719 e. The largest absolute Gasteiger partial charge is 0.310 e. The molecular weight excluding hydrogens is 723 g/mol. The molecular formula is C59H43N. The maximum atomic E-state index is 2.37. The first-order valence-electron chi connectivity index (χ1n) is 20.9. The van der Waals surface area contributed by atoms with Crippen LogP contribution in [0, 0.1) is 13.8 Å². The van der Waals surface area contributed by atoms with Gasteiger partial charge in [0.25, 0.3) is 0 Å². The Kier molecular flexibility index (Phi) is 8.57. The fraction of sp³-hybridized carbons (Fsp3) is 0.0508. The van der Waals surface area contributed by atoms with Crippen LogP contribution in [0.4, 0.5) is 17.1 Å². The molecule has 1 aliphatic carbocycles. The van der Waals surface area contributed by atoms with E-state index in [2.05, 4.69) is 243 Å². The van der Waals surface area contributed by atoms with Gasteiger partial charge in [0.2, 0.25) is 0 Å².